The molecule has 0 aliphatic carbocycles. The summed E-state index contributed by atoms with van der Waals surface area (Å²) in [6, 6.07) is 7.30. The van der Waals surface area contributed by atoms with Gasteiger partial charge >= 0.3 is 5.69 Å². The predicted molar refractivity (Wildman–Crippen MR) is 85.1 cm³/mol. The van der Waals surface area contributed by atoms with Gasteiger partial charge in [-0.25, -0.2) is 4.39 Å². The number of nitro benzene ring substituents is 2. The largest absolute Gasteiger partial charge is 0.301 e. The van der Waals surface area contributed by atoms with Crippen molar-refractivity contribution in [2.75, 3.05) is 5.43 Å². The molecule has 2 aromatic carbocycles. The van der Waals surface area contributed by atoms with E-state index in [9.17, 15) is 24.6 Å². The fraction of sp³-hybridized carbons (Fsp3) is 0. The van der Waals surface area contributed by atoms with Gasteiger partial charge in [-0.15, -0.1) is 0 Å². The van der Waals surface area contributed by atoms with Gasteiger partial charge in [-0.1, -0.05) is 15.9 Å². The molecular weight excluding hydrogens is 375 g/mol. The smallest absolute Gasteiger partial charge is 0.272 e. The molecule has 0 aliphatic heterocycles. The van der Waals surface area contributed by atoms with Crippen molar-refractivity contribution in [2.45, 2.75) is 0 Å². The van der Waals surface area contributed by atoms with Crippen molar-refractivity contribution in [2.24, 2.45) is 5.10 Å². The molecular formula is C13H8BrFN4O4. The van der Waals surface area contributed by atoms with Crippen LogP contribution in [0.15, 0.2) is 46.0 Å². The first-order chi connectivity index (χ1) is 10.9. The average Bonchev–Trinajstić information content (AvgIpc) is 2.50. The number of hydrogen-bond donors (Lipinski definition) is 1. The molecule has 0 radical (unpaired) electrons. The first-order valence-electron chi connectivity index (χ1n) is 6.05. The van der Waals surface area contributed by atoms with Gasteiger partial charge in [0.05, 0.1) is 22.1 Å². The molecule has 0 aromatic heterocycles. The molecule has 0 heterocycles. The van der Waals surface area contributed by atoms with Gasteiger partial charge in [0.1, 0.15) is 11.5 Å². The monoisotopic (exact) mass is 382 g/mol. The van der Waals surface area contributed by atoms with E-state index >= 15 is 0 Å². The van der Waals surface area contributed by atoms with Gasteiger partial charge in [0.15, 0.2) is 0 Å². The number of halogens is 2. The SMILES string of the molecule is O=[N+]([O-])c1ccc(N/N=C\c2cc(Br)ccc2F)c([N+](=O)[O-])c1. The van der Waals surface area contributed by atoms with E-state index in [-0.39, 0.29) is 11.3 Å². The Balaban J connectivity index is 2.26. The lowest BCUT2D eigenvalue weighted by atomic mass is 10.2. The van der Waals surface area contributed by atoms with E-state index in [0.717, 1.165) is 24.4 Å². The van der Waals surface area contributed by atoms with Crippen LogP contribution in [0.1, 0.15) is 5.56 Å². The van der Waals surface area contributed by atoms with Gasteiger partial charge in [-0.3, -0.25) is 25.7 Å². The molecule has 2 aromatic rings. The van der Waals surface area contributed by atoms with Crippen LogP contribution in [0.3, 0.4) is 0 Å². The maximum absolute atomic E-state index is 13.5. The summed E-state index contributed by atoms with van der Waals surface area (Å²) in [4.78, 5) is 20.1. The van der Waals surface area contributed by atoms with E-state index in [2.05, 4.69) is 26.5 Å². The summed E-state index contributed by atoms with van der Waals surface area (Å²) in [6.07, 6.45) is 1.14. The molecule has 0 bridgehead atoms. The molecule has 8 nitrogen and oxygen atoms in total. The highest BCUT2D eigenvalue weighted by Gasteiger charge is 2.19. The van der Waals surface area contributed by atoms with Crippen LogP contribution in [-0.4, -0.2) is 16.1 Å². The van der Waals surface area contributed by atoms with E-state index in [0.29, 0.717) is 4.47 Å². The van der Waals surface area contributed by atoms with Crippen molar-refractivity contribution >= 4 is 39.2 Å². The molecule has 0 spiro atoms. The number of benzene rings is 2. The Morgan fingerprint density at radius 3 is 2.52 bits per heavy atom. The van der Waals surface area contributed by atoms with Crippen molar-refractivity contribution in [3.63, 3.8) is 0 Å². The Bertz CT molecular complexity index is 813. The molecule has 10 heteroatoms. The Morgan fingerprint density at radius 2 is 1.87 bits per heavy atom. The molecule has 23 heavy (non-hydrogen) atoms. The molecule has 2 rings (SSSR count). The normalized spacial score (nSPS) is 10.7. The van der Waals surface area contributed by atoms with Gasteiger partial charge in [0.25, 0.3) is 5.69 Å². The number of hydrogen-bond acceptors (Lipinski definition) is 6. The van der Waals surface area contributed by atoms with E-state index < -0.39 is 27.0 Å². The van der Waals surface area contributed by atoms with E-state index in [1.54, 1.807) is 0 Å². The number of anilines is 1. The van der Waals surface area contributed by atoms with Crippen LogP contribution in [0, 0.1) is 26.0 Å². The molecule has 0 aliphatic rings. The van der Waals surface area contributed by atoms with Crippen molar-refractivity contribution in [3.8, 4) is 0 Å². The highest BCUT2D eigenvalue weighted by atomic mass is 79.9. The second-order valence-electron chi connectivity index (χ2n) is 4.25. The van der Waals surface area contributed by atoms with Gasteiger partial charge in [-0.2, -0.15) is 5.10 Å². The van der Waals surface area contributed by atoms with Crippen molar-refractivity contribution in [1.29, 1.82) is 0 Å². The summed E-state index contributed by atoms with van der Waals surface area (Å²) >= 11 is 3.18. The number of nitro groups is 2. The lowest BCUT2D eigenvalue weighted by Gasteiger charge is -2.02. The zero-order valence-corrected chi connectivity index (χ0v) is 12.9. The van der Waals surface area contributed by atoms with Crippen LogP contribution in [-0.2, 0) is 0 Å². The van der Waals surface area contributed by atoms with Gasteiger partial charge < -0.3 is 0 Å². The van der Waals surface area contributed by atoms with Crippen LogP contribution in [0.4, 0.5) is 21.5 Å². The zero-order chi connectivity index (χ0) is 17.0. The third-order valence-electron chi connectivity index (χ3n) is 2.74. The number of rotatable bonds is 5. The lowest BCUT2D eigenvalue weighted by Crippen LogP contribution is -1.99. The minimum Gasteiger partial charge on any atom is -0.272 e. The summed E-state index contributed by atoms with van der Waals surface area (Å²) in [5, 5.41) is 25.3. The number of non-ortho nitro benzene ring substituents is 1. The van der Waals surface area contributed by atoms with Crippen LogP contribution >= 0.6 is 15.9 Å². The van der Waals surface area contributed by atoms with E-state index in [4.69, 9.17) is 0 Å². The summed E-state index contributed by atoms with van der Waals surface area (Å²) in [5.41, 5.74) is 1.57. The van der Waals surface area contributed by atoms with Crippen LogP contribution in [0.5, 0.6) is 0 Å². The molecule has 118 valence electrons. The Hall–Kier alpha value is -2.88. The van der Waals surface area contributed by atoms with Crippen LogP contribution in [0.2, 0.25) is 0 Å². The fourth-order valence-corrected chi connectivity index (χ4v) is 2.04. The third-order valence-corrected chi connectivity index (χ3v) is 3.23. The molecule has 0 unspecified atom stereocenters. The second-order valence-corrected chi connectivity index (χ2v) is 5.17. The second kappa shape index (κ2) is 6.92. The van der Waals surface area contributed by atoms with Crippen molar-refractivity contribution < 1.29 is 14.2 Å². The molecule has 1 N–H and O–H groups in total. The fourth-order valence-electron chi connectivity index (χ4n) is 1.66. The van der Waals surface area contributed by atoms with Gasteiger partial charge in [-0.05, 0) is 24.3 Å². The van der Waals surface area contributed by atoms with Gasteiger partial charge in [0.2, 0.25) is 0 Å². The Labute approximate surface area is 137 Å². The minimum absolute atomic E-state index is 0.0488. The predicted octanol–water partition coefficient (Wildman–Crippen LogP) is 3.85. The highest BCUT2D eigenvalue weighted by molar-refractivity contribution is 9.10. The van der Waals surface area contributed by atoms with Crippen LogP contribution < -0.4 is 5.43 Å². The summed E-state index contributed by atoms with van der Waals surface area (Å²) < 4.78 is 14.2. The molecule has 0 fully saturated rings. The van der Waals surface area contributed by atoms with Crippen molar-refractivity contribution in [1.82, 2.24) is 0 Å². The molecule has 0 amide bonds. The first kappa shape index (κ1) is 16.5. The Morgan fingerprint density at radius 1 is 1.13 bits per heavy atom. The lowest BCUT2D eigenvalue weighted by molar-refractivity contribution is -0.393. The van der Waals surface area contributed by atoms with E-state index in [1.165, 1.54) is 18.2 Å². The maximum atomic E-state index is 13.5. The number of hydrazone groups is 1. The summed E-state index contributed by atoms with van der Waals surface area (Å²) in [5.74, 6) is -0.517. The van der Waals surface area contributed by atoms with E-state index in [1.807, 2.05) is 0 Å². The molecule has 0 saturated carbocycles. The van der Waals surface area contributed by atoms with Crippen molar-refractivity contribution in [3.05, 3.63) is 72.5 Å². The standard InChI is InChI=1S/C13H8BrFN4O4/c14-9-1-3-11(15)8(5-9)7-16-17-12-4-2-10(18(20)21)6-13(12)19(22)23/h1-7,17H/b16-7-. The average molecular weight is 383 g/mol. The van der Waals surface area contributed by atoms with Gasteiger partial charge in [0, 0.05) is 16.1 Å². The zero-order valence-electron chi connectivity index (χ0n) is 11.3. The van der Waals surface area contributed by atoms with Crippen LogP contribution in [0.25, 0.3) is 0 Å². The quantitative estimate of drug-likeness (QED) is 0.479. The third kappa shape index (κ3) is 4.07. The molecule has 0 saturated heterocycles. The first-order valence-corrected chi connectivity index (χ1v) is 6.85. The minimum atomic E-state index is -0.773. The molecule has 0 atom stereocenters. The number of nitrogens with one attached hydrogen (secondary N) is 1. The highest BCUT2D eigenvalue weighted by Crippen LogP contribution is 2.28. The Kier molecular flexibility index (Phi) is 4.96. The topological polar surface area (TPSA) is 111 Å². The maximum Gasteiger partial charge on any atom is 0.301 e. The summed E-state index contributed by atoms with van der Waals surface area (Å²) in [7, 11) is 0. The summed E-state index contributed by atoms with van der Waals surface area (Å²) in [6.45, 7) is 0. The number of nitrogens with zero attached hydrogens (tertiary/aromatic N) is 3.